The molecule has 0 aliphatic rings. The molecule has 3 amide bonds. The van der Waals surface area contributed by atoms with Crippen LogP contribution < -0.4 is 16.0 Å². The molecule has 0 bridgehead atoms. The first-order valence-corrected chi connectivity index (χ1v) is 12.4. The van der Waals surface area contributed by atoms with E-state index in [4.69, 9.17) is 4.42 Å². The van der Waals surface area contributed by atoms with Crippen LogP contribution in [0.5, 0.6) is 0 Å². The number of benzene rings is 3. The van der Waals surface area contributed by atoms with Crippen LogP contribution >= 0.6 is 11.8 Å². The second kappa shape index (κ2) is 12.4. The maximum absolute atomic E-state index is 13.0. The van der Waals surface area contributed by atoms with Crippen LogP contribution in [0.1, 0.15) is 23.0 Å². The first-order valence-electron chi connectivity index (χ1n) is 11.5. The van der Waals surface area contributed by atoms with Gasteiger partial charge >= 0.3 is 0 Å². The van der Waals surface area contributed by atoms with Crippen LogP contribution in [0.4, 0.5) is 11.4 Å². The number of furan rings is 1. The molecular weight excluding hydrogens is 486 g/mol. The molecule has 0 saturated carbocycles. The summed E-state index contributed by atoms with van der Waals surface area (Å²) in [6.45, 7) is 1.83. The first kappa shape index (κ1) is 25.5. The molecule has 7 nitrogen and oxygen atoms in total. The van der Waals surface area contributed by atoms with E-state index >= 15 is 0 Å². The average molecular weight is 512 g/mol. The SMILES string of the molecule is CC(Sc1ccc(NC(=O)/C(=C/c2ccco2)NC(=O)c2ccccc2)cc1)C(=O)Nc1ccccc1. The third-order valence-electron chi connectivity index (χ3n) is 5.19. The smallest absolute Gasteiger partial charge is 0.272 e. The van der Waals surface area contributed by atoms with Gasteiger partial charge in [0.25, 0.3) is 11.8 Å². The van der Waals surface area contributed by atoms with Crippen LogP contribution in [0.25, 0.3) is 6.08 Å². The summed E-state index contributed by atoms with van der Waals surface area (Å²) in [6, 6.07) is 28.4. The molecule has 3 N–H and O–H groups in total. The zero-order chi connectivity index (χ0) is 26.0. The quantitative estimate of drug-likeness (QED) is 0.195. The number of thioether (sulfide) groups is 1. The topological polar surface area (TPSA) is 100 Å². The molecule has 1 aromatic heterocycles. The van der Waals surface area contributed by atoms with Crippen LogP contribution in [-0.2, 0) is 9.59 Å². The zero-order valence-corrected chi connectivity index (χ0v) is 20.8. The zero-order valence-electron chi connectivity index (χ0n) is 20.0. The molecule has 4 aromatic rings. The lowest BCUT2D eigenvalue weighted by Crippen LogP contribution is -2.30. The number of para-hydroxylation sites is 1. The van der Waals surface area contributed by atoms with Crippen molar-refractivity contribution in [3.05, 3.63) is 120 Å². The number of amides is 3. The summed E-state index contributed by atoms with van der Waals surface area (Å²) in [5, 5.41) is 8.03. The molecule has 8 heteroatoms. The molecule has 3 aromatic carbocycles. The Morgan fingerprint density at radius 3 is 2.08 bits per heavy atom. The van der Waals surface area contributed by atoms with Crippen molar-refractivity contribution in [1.29, 1.82) is 0 Å². The second-order valence-corrected chi connectivity index (χ2v) is 9.40. The van der Waals surface area contributed by atoms with Crippen molar-refractivity contribution < 1.29 is 18.8 Å². The van der Waals surface area contributed by atoms with E-state index in [1.807, 2.05) is 55.5 Å². The van der Waals surface area contributed by atoms with Gasteiger partial charge in [0.15, 0.2) is 0 Å². The van der Waals surface area contributed by atoms with Crippen molar-refractivity contribution in [3.8, 4) is 0 Å². The van der Waals surface area contributed by atoms with Gasteiger partial charge in [-0.15, -0.1) is 11.8 Å². The van der Waals surface area contributed by atoms with Crippen molar-refractivity contribution in [2.75, 3.05) is 10.6 Å². The molecule has 186 valence electrons. The Kier molecular flexibility index (Phi) is 8.57. The highest BCUT2D eigenvalue weighted by Crippen LogP contribution is 2.26. The summed E-state index contributed by atoms with van der Waals surface area (Å²) < 4.78 is 5.32. The van der Waals surface area contributed by atoms with E-state index in [0.717, 1.165) is 10.6 Å². The van der Waals surface area contributed by atoms with Gasteiger partial charge in [0.1, 0.15) is 11.5 Å². The largest absolute Gasteiger partial charge is 0.465 e. The van der Waals surface area contributed by atoms with Gasteiger partial charge in [-0.25, -0.2) is 0 Å². The standard InChI is InChI=1S/C29H25N3O4S/c1-20(27(33)30-22-11-6-3-7-12-22)37-25-16-14-23(15-17-25)31-29(35)26(19-24-13-8-18-36-24)32-28(34)21-9-4-2-5-10-21/h2-20H,1H3,(H,30,33)(H,31,35)(H,32,34)/b26-19-. The van der Waals surface area contributed by atoms with E-state index in [9.17, 15) is 14.4 Å². The molecule has 0 aliphatic heterocycles. The van der Waals surface area contributed by atoms with Gasteiger partial charge in [0.2, 0.25) is 5.91 Å². The normalized spacial score (nSPS) is 11.9. The van der Waals surface area contributed by atoms with Crippen LogP contribution in [0.3, 0.4) is 0 Å². The van der Waals surface area contributed by atoms with Gasteiger partial charge in [-0.3, -0.25) is 14.4 Å². The van der Waals surface area contributed by atoms with Crippen molar-refractivity contribution >= 4 is 46.9 Å². The minimum atomic E-state index is -0.503. The fraction of sp³-hybridized carbons (Fsp3) is 0.0690. The summed E-state index contributed by atoms with van der Waals surface area (Å²) in [5.41, 5.74) is 1.74. The molecule has 0 aliphatic carbocycles. The highest BCUT2D eigenvalue weighted by molar-refractivity contribution is 8.00. The van der Waals surface area contributed by atoms with Gasteiger partial charge in [-0.05, 0) is 67.6 Å². The van der Waals surface area contributed by atoms with Crippen molar-refractivity contribution in [1.82, 2.24) is 5.32 Å². The second-order valence-electron chi connectivity index (χ2n) is 7.99. The molecule has 0 fully saturated rings. The Hall–Kier alpha value is -4.56. The first-order chi connectivity index (χ1) is 18.0. The molecule has 1 unspecified atom stereocenters. The molecule has 0 spiro atoms. The summed E-state index contributed by atoms with van der Waals surface area (Å²) >= 11 is 1.41. The predicted octanol–water partition coefficient (Wildman–Crippen LogP) is 5.81. The van der Waals surface area contributed by atoms with Gasteiger partial charge in [0, 0.05) is 27.9 Å². The average Bonchev–Trinajstić information content (AvgIpc) is 3.43. The Bertz CT molecular complexity index is 1370. The number of carbonyl (C=O) groups excluding carboxylic acids is 3. The molecular formula is C29H25N3O4S. The number of hydrogen-bond acceptors (Lipinski definition) is 5. The van der Waals surface area contributed by atoms with E-state index in [1.54, 1.807) is 48.5 Å². The lowest BCUT2D eigenvalue weighted by Gasteiger charge is -2.13. The van der Waals surface area contributed by atoms with Gasteiger partial charge in [-0.1, -0.05) is 36.4 Å². The van der Waals surface area contributed by atoms with Gasteiger partial charge < -0.3 is 20.4 Å². The maximum Gasteiger partial charge on any atom is 0.272 e. The van der Waals surface area contributed by atoms with Crippen LogP contribution in [-0.4, -0.2) is 23.0 Å². The highest BCUT2D eigenvalue weighted by Gasteiger charge is 2.17. The van der Waals surface area contributed by atoms with E-state index < -0.39 is 11.8 Å². The predicted molar refractivity (Wildman–Crippen MR) is 146 cm³/mol. The number of anilines is 2. The highest BCUT2D eigenvalue weighted by atomic mass is 32.2. The Morgan fingerprint density at radius 1 is 0.784 bits per heavy atom. The third kappa shape index (κ3) is 7.46. The summed E-state index contributed by atoms with van der Waals surface area (Å²) in [6.07, 6.45) is 2.95. The van der Waals surface area contributed by atoms with Gasteiger partial charge in [0.05, 0.1) is 11.5 Å². The third-order valence-corrected chi connectivity index (χ3v) is 6.31. The van der Waals surface area contributed by atoms with Crippen LogP contribution in [0, 0.1) is 0 Å². The minimum absolute atomic E-state index is 0.0356. The molecule has 4 rings (SSSR count). The number of nitrogens with one attached hydrogen (secondary N) is 3. The number of hydrogen-bond donors (Lipinski definition) is 3. The Morgan fingerprint density at radius 2 is 1.43 bits per heavy atom. The van der Waals surface area contributed by atoms with Crippen LogP contribution in [0.15, 0.2) is 118 Å². The summed E-state index contributed by atoms with van der Waals surface area (Å²) in [7, 11) is 0. The Balaban J connectivity index is 1.39. The summed E-state index contributed by atoms with van der Waals surface area (Å²) in [4.78, 5) is 39.1. The molecule has 0 radical (unpaired) electrons. The van der Waals surface area contributed by atoms with Crippen molar-refractivity contribution in [3.63, 3.8) is 0 Å². The lowest BCUT2D eigenvalue weighted by molar-refractivity contribution is -0.115. The van der Waals surface area contributed by atoms with E-state index in [1.165, 1.54) is 24.1 Å². The van der Waals surface area contributed by atoms with E-state index in [-0.39, 0.29) is 16.9 Å². The maximum atomic E-state index is 13.0. The molecule has 1 atom stereocenters. The lowest BCUT2D eigenvalue weighted by atomic mass is 10.2. The van der Waals surface area contributed by atoms with E-state index in [0.29, 0.717) is 17.0 Å². The minimum Gasteiger partial charge on any atom is -0.465 e. The molecule has 0 saturated heterocycles. The fourth-order valence-electron chi connectivity index (χ4n) is 3.30. The summed E-state index contributed by atoms with van der Waals surface area (Å²) in [5.74, 6) is -0.594. The number of rotatable bonds is 9. The monoisotopic (exact) mass is 511 g/mol. The van der Waals surface area contributed by atoms with Crippen LogP contribution in [0.2, 0.25) is 0 Å². The van der Waals surface area contributed by atoms with E-state index in [2.05, 4.69) is 16.0 Å². The molecule has 37 heavy (non-hydrogen) atoms. The molecule has 1 heterocycles. The fourth-order valence-corrected chi connectivity index (χ4v) is 4.16. The number of carbonyl (C=O) groups is 3. The van der Waals surface area contributed by atoms with Gasteiger partial charge in [-0.2, -0.15) is 0 Å². The van der Waals surface area contributed by atoms with Crippen molar-refractivity contribution in [2.45, 2.75) is 17.1 Å². The van der Waals surface area contributed by atoms with Crippen molar-refractivity contribution in [2.24, 2.45) is 0 Å². The Labute approximate surface area is 219 Å².